The first kappa shape index (κ1) is 23.1. The zero-order valence-electron chi connectivity index (χ0n) is 20.4. The number of rotatable bonds is 5. The van der Waals surface area contributed by atoms with E-state index in [9.17, 15) is 8.42 Å². The summed E-state index contributed by atoms with van der Waals surface area (Å²) in [5, 5.41) is 1.85. The van der Waals surface area contributed by atoms with Crippen LogP contribution in [-0.4, -0.2) is 12.4 Å². The SMILES string of the molecule is Cc1ccc(S(=O)(=O)n2c3ccccc3c3c(Cc4cccc(N)c4)c(-c4ccccc4)ccc32)cc1. The molecule has 0 aliphatic carbocycles. The van der Waals surface area contributed by atoms with Crippen LogP contribution in [0.3, 0.4) is 0 Å². The number of aromatic nitrogens is 1. The summed E-state index contributed by atoms with van der Waals surface area (Å²) in [7, 11) is -3.84. The minimum atomic E-state index is -3.84. The van der Waals surface area contributed by atoms with Gasteiger partial charge in [-0.15, -0.1) is 0 Å². The maximum absolute atomic E-state index is 14.0. The third kappa shape index (κ3) is 3.98. The molecule has 4 nitrogen and oxygen atoms in total. The second kappa shape index (κ2) is 8.95. The van der Waals surface area contributed by atoms with Gasteiger partial charge in [-0.05, 0) is 72.0 Å². The lowest BCUT2D eigenvalue weighted by molar-refractivity contribution is 0.590. The molecule has 0 unspecified atom stereocenters. The lowest BCUT2D eigenvalue weighted by atomic mass is 9.91. The normalized spacial score (nSPS) is 11.8. The number of hydrogen-bond acceptors (Lipinski definition) is 3. The molecular formula is C32H26N2O2S. The van der Waals surface area contributed by atoms with Gasteiger partial charge in [0, 0.05) is 16.5 Å². The molecule has 182 valence electrons. The minimum Gasteiger partial charge on any atom is -0.399 e. The van der Waals surface area contributed by atoms with Crippen LogP contribution in [0.4, 0.5) is 5.69 Å². The molecule has 0 spiro atoms. The second-order valence-corrected chi connectivity index (χ2v) is 11.2. The number of nitrogens with two attached hydrogens (primary N) is 1. The van der Waals surface area contributed by atoms with Crippen molar-refractivity contribution in [1.82, 2.24) is 3.97 Å². The fourth-order valence-corrected chi connectivity index (χ4v) is 6.67. The number of fused-ring (bicyclic) bond motifs is 3. The zero-order chi connectivity index (χ0) is 25.6. The molecule has 6 rings (SSSR count). The maximum atomic E-state index is 14.0. The van der Waals surface area contributed by atoms with E-state index in [1.165, 1.54) is 3.97 Å². The molecule has 2 N–H and O–H groups in total. The molecule has 5 aromatic carbocycles. The average Bonchev–Trinajstić information content (AvgIpc) is 3.25. The van der Waals surface area contributed by atoms with Crippen molar-refractivity contribution in [2.45, 2.75) is 18.2 Å². The lowest BCUT2D eigenvalue weighted by Crippen LogP contribution is -2.12. The van der Waals surface area contributed by atoms with E-state index in [4.69, 9.17) is 5.73 Å². The Balaban J connectivity index is 1.71. The van der Waals surface area contributed by atoms with Crippen LogP contribution in [0.1, 0.15) is 16.7 Å². The Bertz CT molecular complexity index is 1870. The van der Waals surface area contributed by atoms with Crippen LogP contribution in [0.2, 0.25) is 0 Å². The number of nitrogens with zero attached hydrogens (tertiary/aromatic N) is 1. The summed E-state index contributed by atoms with van der Waals surface area (Å²) in [5.41, 5.74) is 13.5. The Morgan fingerprint density at radius 1 is 0.730 bits per heavy atom. The molecule has 6 aromatic rings. The van der Waals surface area contributed by atoms with Crippen LogP contribution in [-0.2, 0) is 16.4 Å². The van der Waals surface area contributed by atoms with Crippen molar-refractivity contribution in [3.05, 3.63) is 132 Å². The van der Waals surface area contributed by atoms with E-state index in [1.807, 2.05) is 91.9 Å². The molecule has 0 saturated heterocycles. The summed E-state index contributed by atoms with van der Waals surface area (Å²) in [6.07, 6.45) is 0.616. The third-order valence-electron chi connectivity index (χ3n) is 6.88. The molecule has 5 heteroatoms. The van der Waals surface area contributed by atoms with Gasteiger partial charge >= 0.3 is 0 Å². The topological polar surface area (TPSA) is 65.1 Å². The van der Waals surface area contributed by atoms with Gasteiger partial charge in [0.1, 0.15) is 0 Å². The summed E-state index contributed by atoms with van der Waals surface area (Å²) < 4.78 is 29.6. The highest BCUT2D eigenvalue weighted by molar-refractivity contribution is 7.90. The highest BCUT2D eigenvalue weighted by atomic mass is 32.2. The molecule has 1 aromatic heterocycles. The predicted octanol–water partition coefficient (Wildman–Crippen LogP) is 7.18. The first-order valence-electron chi connectivity index (χ1n) is 12.2. The summed E-state index contributed by atoms with van der Waals surface area (Å²) in [6.45, 7) is 1.95. The fourth-order valence-electron chi connectivity index (χ4n) is 5.15. The number of benzene rings is 5. The number of anilines is 1. The van der Waals surface area contributed by atoms with Crippen molar-refractivity contribution in [3.8, 4) is 11.1 Å². The Kier molecular flexibility index (Phi) is 5.58. The van der Waals surface area contributed by atoms with Gasteiger partial charge in [-0.25, -0.2) is 12.4 Å². The van der Waals surface area contributed by atoms with E-state index < -0.39 is 10.0 Å². The van der Waals surface area contributed by atoms with E-state index in [0.717, 1.165) is 38.6 Å². The van der Waals surface area contributed by atoms with Gasteiger partial charge in [0.25, 0.3) is 10.0 Å². The molecule has 0 aliphatic rings. The molecule has 0 bridgehead atoms. The highest BCUT2D eigenvalue weighted by Crippen LogP contribution is 2.40. The summed E-state index contributed by atoms with van der Waals surface area (Å²) in [4.78, 5) is 0.269. The van der Waals surface area contributed by atoms with Crippen LogP contribution >= 0.6 is 0 Å². The Hall–Kier alpha value is -4.35. The quantitative estimate of drug-likeness (QED) is 0.254. The van der Waals surface area contributed by atoms with Crippen molar-refractivity contribution >= 4 is 37.5 Å². The highest BCUT2D eigenvalue weighted by Gasteiger charge is 2.25. The zero-order valence-corrected chi connectivity index (χ0v) is 21.2. The first-order chi connectivity index (χ1) is 17.9. The van der Waals surface area contributed by atoms with Gasteiger partial charge < -0.3 is 5.73 Å². The van der Waals surface area contributed by atoms with Crippen LogP contribution < -0.4 is 5.73 Å². The molecule has 0 aliphatic heterocycles. The summed E-state index contributed by atoms with van der Waals surface area (Å²) in [5.74, 6) is 0. The first-order valence-corrected chi connectivity index (χ1v) is 13.6. The van der Waals surface area contributed by atoms with Crippen molar-refractivity contribution < 1.29 is 8.42 Å². The van der Waals surface area contributed by atoms with Crippen molar-refractivity contribution in [2.75, 3.05) is 5.73 Å². The van der Waals surface area contributed by atoms with Crippen LogP contribution in [0.25, 0.3) is 32.9 Å². The van der Waals surface area contributed by atoms with Crippen molar-refractivity contribution in [3.63, 3.8) is 0 Å². The average molecular weight is 503 g/mol. The Morgan fingerprint density at radius 2 is 1.46 bits per heavy atom. The molecular weight excluding hydrogens is 476 g/mol. The number of hydrogen-bond donors (Lipinski definition) is 1. The molecule has 0 amide bonds. The van der Waals surface area contributed by atoms with Crippen molar-refractivity contribution in [1.29, 1.82) is 0 Å². The summed E-state index contributed by atoms with van der Waals surface area (Å²) >= 11 is 0. The summed E-state index contributed by atoms with van der Waals surface area (Å²) in [6, 6.07) is 36.8. The number of para-hydroxylation sites is 1. The molecule has 37 heavy (non-hydrogen) atoms. The van der Waals surface area contributed by atoms with Gasteiger partial charge in [-0.1, -0.05) is 84.4 Å². The Labute approximate surface area is 216 Å². The van der Waals surface area contributed by atoms with Gasteiger partial charge in [0.05, 0.1) is 15.9 Å². The van der Waals surface area contributed by atoms with Crippen LogP contribution in [0, 0.1) is 6.92 Å². The smallest absolute Gasteiger partial charge is 0.268 e. The van der Waals surface area contributed by atoms with E-state index in [2.05, 4.69) is 18.2 Å². The monoisotopic (exact) mass is 502 g/mol. The number of nitrogen functional groups attached to an aromatic ring is 1. The van der Waals surface area contributed by atoms with Gasteiger partial charge in [0.2, 0.25) is 0 Å². The van der Waals surface area contributed by atoms with Crippen LogP contribution in [0.5, 0.6) is 0 Å². The van der Waals surface area contributed by atoms with E-state index >= 15 is 0 Å². The predicted molar refractivity (Wildman–Crippen MR) is 152 cm³/mol. The molecule has 0 radical (unpaired) electrons. The third-order valence-corrected chi connectivity index (χ3v) is 8.62. The Morgan fingerprint density at radius 3 is 2.22 bits per heavy atom. The van der Waals surface area contributed by atoms with E-state index in [-0.39, 0.29) is 4.90 Å². The standard InChI is InChI=1S/C32H26N2O2S/c1-22-14-16-26(17-15-22)37(35,36)34-30-13-6-5-12-28(30)32-29(21-23-8-7-11-25(33)20-23)27(18-19-31(32)34)24-9-3-2-4-10-24/h2-20H,21,33H2,1H3. The lowest BCUT2D eigenvalue weighted by Gasteiger charge is -2.14. The van der Waals surface area contributed by atoms with Gasteiger partial charge in [0.15, 0.2) is 0 Å². The number of aryl methyl sites for hydroxylation is 1. The second-order valence-electron chi connectivity index (χ2n) is 9.37. The van der Waals surface area contributed by atoms with Gasteiger partial charge in [-0.3, -0.25) is 0 Å². The molecule has 0 atom stereocenters. The fraction of sp³-hybridized carbons (Fsp3) is 0.0625. The molecule has 1 heterocycles. The van der Waals surface area contributed by atoms with E-state index in [0.29, 0.717) is 23.1 Å². The van der Waals surface area contributed by atoms with Gasteiger partial charge in [-0.2, -0.15) is 0 Å². The molecule has 0 saturated carbocycles. The minimum absolute atomic E-state index is 0.269. The van der Waals surface area contributed by atoms with E-state index in [1.54, 1.807) is 12.1 Å². The molecule has 0 fully saturated rings. The maximum Gasteiger partial charge on any atom is 0.268 e. The van der Waals surface area contributed by atoms with Crippen LogP contribution in [0.15, 0.2) is 120 Å². The largest absolute Gasteiger partial charge is 0.399 e. The van der Waals surface area contributed by atoms with Crippen molar-refractivity contribution in [2.24, 2.45) is 0 Å².